The minimum absolute atomic E-state index is 0.101. The molecule has 4 aliphatic rings. The van der Waals surface area contributed by atoms with E-state index in [4.69, 9.17) is 10.8 Å². The number of carbonyl (C=O) groups excluding carboxylic acids is 3. The van der Waals surface area contributed by atoms with Gasteiger partial charge in [0.1, 0.15) is 6.04 Å². The smallest absolute Gasteiger partial charge is 0.251 e. The Hall–Kier alpha value is -3.71. The number of hydrogen-bond donors (Lipinski definition) is 8. The van der Waals surface area contributed by atoms with Gasteiger partial charge in [-0.2, -0.15) is 0 Å². The van der Waals surface area contributed by atoms with Crippen molar-refractivity contribution in [3.8, 4) is 0 Å². The van der Waals surface area contributed by atoms with E-state index in [1.54, 1.807) is 18.2 Å². The van der Waals surface area contributed by atoms with Gasteiger partial charge in [-0.3, -0.25) is 30.1 Å². The van der Waals surface area contributed by atoms with E-state index >= 15 is 0 Å². The Kier molecular flexibility index (Phi) is 4.81. The minimum Gasteiger partial charge on any atom is -0.361 e. The number of aryl methyl sites for hydroxylation is 1. The molecule has 0 unspecified atom stereocenters. The fraction of sp³-hybridized carbons (Fsp3) is 0.476. The highest BCUT2D eigenvalue weighted by atomic mass is 16.5. The highest BCUT2D eigenvalue weighted by Crippen LogP contribution is 2.43. The molecule has 13 heteroatoms. The topological polar surface area (TPSA) is 194 Å². The summed E-state index contributed by atoms with van der Waals surface area (Å²) in [6, 6.07) is 3.89. The van der Waals surface area contributed by atoms with Gasteiger partial charge in [-0.15, -0.1) is 0 Å². The number of benzene rings is 1. The number of likely N-dealkylation sites (tertiary alicyclic amines) is 1. The number of nitrogens with zero attached hydrogens (tertiary/aromatic N) is 2. The SMILES string of the molecule is Cc1cccc(C(=O)N[C@H]2CN3C(=N)N[C@@H](CN4C(=O)CCC4=O)[C@@H]4NC(=N)N[C@@]43C2(O)O)c1. The van der Waals surface area contributed by atoms with Crippen LogP contribution in [0, 0.1) is 17.7 Å². The zero-order valence-corrected chi connectivity index (χ0v) is 18.4. The molecule has 34 heavy (non-hydrogen) atoms. The third-order valence-electron chi connectivity index (χ3n) is 7.02. The lowest BCUT2D eigenvalue weighted by Crippen LogP contribution is -2.81. The van der Waals surface area contributed by atoms with E-state index < -0.39 is 35.5 Å². The van der Waals surface area contributed by atoms with Crippen molar-refractivity contribution in [1.29, 1.82) is 10.8 Å². The molecule has 8 N–H and O–H groups in total. The Morgan fingerprint density at radius 1 is 1.21 bits per heavy atom. The van der Waals surface area contributed by atoms with Crippen LogP contribution >= 0.6 is 0 Å². The van der Waals surface area contributed by atoms with Crippen LogP contribution in [0.15, 0.2) is 24.3 Å². The fourth-order valence-corrected chi connectivity index (χ4v) is 5.38. The predicted octanol–water partition coefficient (Wildman–Crippen LogP) is -2.66. The zero-order valence-electron chi connectivity index (χ0n) is 18.4. The maximum atomic E-state index is 12.9. The summed E-state index contributed by atoms with van der Waals surface area (Å²) >= 11 is 0. The van der Waals surface area contributed by atoms with Crippen molar-refractivity contribution in [2.45, 2.75) is 49.3 Å². The molecule has 0 saturated carbocycles. The monoisotopic (exact) mass is 470 g/mol. The Morgan fingerprint density at radius 3 is 2.59 bits per heavy atom. The molecule has 4 fully saturated rings. The lowest BCUT2D eigenvalue weighted by atomic mass is 9.84. The van der Waals surface area contributed by atoms with Crippen LogP contribution in [-0.2, 0) is 9.59 Å². The number of guanidine groups is 2. The summed E-state index contributed by atoms with van der Waals surface area (Å²) in [4.78, 5) is 39.6. The van der Waals surface area contributed by atoms with Crippen LogP contribution < -0.4 is 21.3 Å². The van der Waals surface area contributed by atoms with Crippen LogP contribution in [0.3, 0.4) is 0 Å². The molecule has 5 rings (SSSR count). The Labute approximate surface area is 194 Å². The molecule has 3 amide bonds. The summed E-state index contributed by atoms with van der Waals surface area (Å²) in [5.41, 5.74) is -0.588. The lowest BCUT2D eigenvalue weighted by Gasteiger charge is -2.51. The first-order chi connectivity index (χ1) is 16.0. The van der Waals surface area contributed by atoms with Crippen LogP contribution in [0.1, 0.15) is 28.8 Å². The average molecular weight is 470 g/mol. The lowest BCUT2D eigenvalue weighted by molar-refractivity contribution is -0.232. The highest BCUT2D eigenvalue weighted by molar-refractivity contribution is 6.02. The van der Waals surface area contributed by atoms with Crippen LogP contribution in [-0.4, -0.2) is 92.3 Å². The first kappa shape index (κ1) is 22.1. The number of imide groups is 1. The van der Waals surface area contributed by atoms with Gasteiger partial charge in [-0.05, 0) is 19.1 Å². The molecular formula is C21H26N8O5. The maximum Gasteiger partial charge on any atom is 0.251 e. The summed E-state index contributed by atoms with van der Waals surface area (Å²) in [5, 5.41) is 50.7. The maximum absolute atomic E-state index is 12.9. The van der Waals surface area contributed by atoms with Crippen LogP contribution in [0.25, 0.3) is 0 Å². The molecule has 0 aromatic heterocycles. The van der Waals surface area contributed by atoms with Gasteiger partial charge >= 0.3 is 0 Å². The number of nitrogens with one attached hydrogen (secondary N) is 6. The van der Waals surface area contributed by atoms with Crippen molar-refractivity contribution in [1.82, 2.24) is 31.1 Å². The second-order valence-corrected chi connectivity index (χ2v) is 9.12. The summed E-state index contributed by atoms with van der Waals surface area (Å²) in [7, 11) is 0. The molecule has 0 radical (unpaired) electrons. The van der Waals surface area contributed by atoms with Crippen molar-refractivity contribution in [2.24, 2.45) is 0 Å². The number of hydrogen-bond acceptors (Lipinski definition) is 7. The van der Waals surface area contributed by atoms with Crippen molar-refractivity contribution in [2.75, 3.05) is 13.1 Å². The summed E-state index contributed by atoms with van der Waals surface area (Å²) in [6.45, 7) is 1.59. The van der Waals surface area contributed by atoms with Gasteiger partial charge in [0.15, 0.2) is 17.6 Å². The summed E-state index contributed by atoms with van der Waals surface area (Å²) in [5.74, 6) is -4.23. The van der Waals surface area contributed by atoms with Gasteiger partial charge in [-0.25, -0.2) is 0 Å². The van der Waals surface area contributed by atoms with Gasteiger partial charge < -0.3 is 36.4 Å². The molecule has 180 valence electrons. The molecular weight excluding hydrogens is 444 g/mol. The van der Waals surface area contributed by atoms with Crippen LogP contribution in [0.2, 0.25) is 0 Å². The van der Waals surface area contributed by atoms with Gasteiger partial charge in [0.25, 0.3) is 5.91 Å². The number of amides is 3. The predicted molar refractivity (Wildman–Crippen MR) is 117 cm³/mol. The van der Waals surface area contributed by atoms with Gasteiger partial charge in [0.05, 0.1) is 18.6 Å². The average Bonchev–Trinajstić information content (AvgIpc) is 3.36. The van der Waals surface area contributed by atoms with Crippen LogP contribution in [0.4, 0.5) is 0 Å². The van der Waals surface area contributed by atoms with Gasteiger partial charge in [-0.1, -0.05) is 17.7 Å². The molecule has 4 atom stereocenters. The number of carbonyl (C=O) groups is 3. The van der Waals surface area contributed by atoms with E-state index in [-0.39, 0.29) is 49.7 Å². The first-order valence-electron chi connectivity index (χ1n) is 11.0. The number of aliphatic hydroxyl groups is 2. The van der Waals surface area contributed by atoms with Crippen molar-refractivity contribution in [3.63, 3.8) is 0 Å². The second-order valence-electron chi connectivity index (χ2n) is 9.12. The molecule has 0 bridgehead atoms. The van der Waals surface area contributed by atoms with E-state index in [1.807, 2.05) is 13.0 Å². The van der Waals surface area contributed by atoms with E-state index in [2.05, 4.69) is 21.3 Å². The zero-order chi connectivity index (χ0) is 24.4. The molecule has 1 aromatic rings. The van der Waals surface area contributed by atoms with Crippen molar-refractivity contribution < 1.29 is 24.6 Å². The second kappa shape index (κ2) is 7.40. The van der Waals surface area contributed by atoms with E-state index in [1.165, 1.54) is 4.90 Å². The fourth-order valence-electron chi connectivity index (χ4n) is 5.38. The minimum atomic E-state index is -2.63. The molecule has 1 aromatic carbocycles. The number of rotatable bonds is 4. The van der Waals surface area contributed by atoms with Crippen molar-refractivity contribution in [3.05, 3.63) is 35.4 Å². The normalized spacial score (nSPS) is 31.6. The standard InChI is InChI=1S/C21H26N8O5/c1-10-3-2-4-11(7-10)17(32)25-13-9-29-19(23)24-12(8-28-14(30)5-6-15(28)31)16-20(29,21(13,33)34)27-18(22)26-16/h2-4,7,12-13,16,33-34H,5-6,8-9H2,1H3,(H2,23,24)(H,25,32)(H3,22,26,27)/t12-,13-,16-,20-/m0/s1. The van der Waals surface area contributed by atoms with Crippen LogP contribution in [0.5, 0.6) is 0 Å². The van der Waals surface area contributed by atoms with Gasteiger partial charge in [0.2, 0.25) is 17.6 Å². The van der Waals surface area contributed by atoms with E-state index in [9.17, 15) is 24.6 Å². The molecule has 0 aliphatic carbocycles. The summed E-state index contributed by atoms with van der Waals surface area (Å²) < 4.78 is 0. The van der Waals surface area contributed by atoms with Gasteiger partial charge in [0, 0.05) is 24.9 Å². The van der Waals surface area contributed by atoms with E-state index in [0.717, 1.165) is 10.5 Å². The third kappa shape index (κ3) is 3.04. The molecule has 4 heterocycles. The Balaban J connectivity index is 1.46. The Morgan fingerprint density at radius 2 is 1.91 bits per heavy atom. The Bertz CT molecular complexity index is 1110. The third-order valence-corrected chi connectivity index (χ3v) is 7.02. The van der Waals surface area contributed by atoms with E-state index in [0.29, 0.717) is 5.56 Å². The quantitative estimate of drug-likeness (QED) is 0.171. The largest absolute Gasteiger partial charge is 0.361 e. The molecule has 4 saturated heterocycles. The summed E-state index contributed by atoms with van der Waals surface area (Å²) in [6.07, 6.45) is 0.201. The first-order valence-corrected chi connectivity index (χ1v) is 11.0. The highest BCUT2D eigenvalue weighted by Gasteiger charge is 2.74. The molecule has 13 nitrogen and oxygen atoms in total. The van der Waals surface area contributed by atoms with Crippen molar-refractivity contribution >= 4 is 29.6 Å². The molecule has 4 aliphatic heterocycles. The molecule has 1 spiro atoms.